The Morgan fingerprint density at radius 1 is 0.367 bits per heavy atom. The highest BCUT2D eigenvalue weighted by atomic mass is 16.3. The van der Waals surface area contributed by atoms with Crippen LogP contribution in [-0.2, 0) is 0 Å². The molecule has 10 rings (SSSR count). The molecular formula is C48H30O. The van der Waals surface area contributed by atoms with Gasteiger partial charge < -0.3 is 4.42 Å². The standard InChI is InChI=1S/C48H30O/c1-3-15-31(16-4-1)33-27-28-42-44(30-33)49-48(43-29-34-19-7-8-20-35(34)36-21-9-10-22-37(36)43)47(42)46-40-25-13-11-23-38(40)45(32-17-5-2-6-18-32)39-24-12-14-26-41(39)46/h1-30H/i11D,12D,13D,14D,23D,24D,25D,26D. The van der Waals surface area contributed by atoms with E-state index in [-0.39, 0.29) is 51.3 Å². The highest BCUT2D eigenvalue weighted by Crippen LogP contribution is 2.51. The minimum atomic E-state index is -0.454. The molecule has 228 valence electrons. The van der Waals surface area contributed by atoms with Gasteiger partial charge in [0.15, 0.2) is 0 Å². The largest absolute Gasteiger partial charge is 0.455 e. The predicted octanol–water partition coefficient (Wildman–Crippen LogP) is 13.7. The first-order chi connectivity index (χ1) is 27.7. The molecule has 0 aliphatic rings. The normalized spacial score (nSPS) is 14.0. The highest BCUT2D eigenvalue weighted by Gasteiger charge is 2.25. The van der Waals surface area contributed by atoms with E-state index in [0.717, 1.165) is 38.2 Å². The van der Waals surface area contributed by atoms with Gasteiger partial charge in [0.05, 0.1) is 11.0 Å². The molecule has 0 saturated heterocycles. The summed E-state index contributed by atoms with van der Waals surface area (Å²) in [5.74, 6) is 0.409. The summed E-state index contributed by atoms with van der Waals surface area (Å²) in [5.41, 5.74) is 4.68. The van der Waals surface area contributed by atoms with Crippen LogP contribution in [0.25, 0.3) is 98.8 Å². The lowest BCUT2D eigenvalue weighted by molar-refractivity contribution is 0.633. The van der Waals surface area contributed by atoms with Gasteiger partial charge in [0.2, 0.25) is 0 Å². The van der Waals surface area contributed by atoms with Crippen molar-refractivity contribution in [3.05, 3.63) is 182 Å². The van der Waals surface area contributed by atoms with Crippen molar-refractivity contribution in [2.24, 2.45) is 0 Å². The summed E-state index contributed by atoms with van der Waals surface area (Å²) in [6.07, 6.45) is 0. The molecule has 1 aromatic heterocycles. The molecule has 0 saturated carbocycles. The summed E-state index contributed by atoms with van der Waals surface area (Å²) in [7, 11) is 0. The van der Waals surface area contributed by atoms with Crippen molar-refractivity contribution in [2.45, 2.75) is 0 Å². The van der Waals surface area contributed by atoms with E-state index in [1.807, 2.05) is 91.0 Å². The van der Waals surface area contributed by atoms with Crippen LogP contribution in [0.15, 0.2) is 186 Å². The molecule has 1 heterocycles. The third kappa shape index (κ3) is 4.33. The van der Waals surface area contributed by atoms with Crippen LogP contribution in [0.4, 0.5) is 0 Å². The monoisotopic (exact) mass is 630 g/mol. The Labute approximate surface area is 295 Å². The first-order valence-corrected chi connectivity index (χ1v) is 16.2. The quantitative estimate of drug-likeness (QED) is 0.139. The van der Waals surface area contributed by atoms with Gasteiger partial charge in [-0.2, -0.15) is 0 Å². The van der Waals surface area contributed by atoms with Crippen molar-refractivity contribution in [1.82, 2.24) is 0 Å². The second-order valence-corrected chi connectivity index (χ2v) is 12.2. The number of benzene rings is 9. The molecule has 0 aliphatic carbocycles. The molecule has 1 nitrogen and oxygen atoms in total. The summed E-state index contributed by atoms with van der Waals surface area (Å²) in [6, 6.07) is 39.9. The van der Waals surface area contributed by atoms with Gasteiger partial charge in [-0.05, 0) is 83.5 Å². The van der Waals surface area contributed by atoms with E-state index in [2.05, 4.69) is 18.2 Å². The summed E-state index contributed by atoms with van der Waals surface area (Å²) in [5, 5.41) is 5.09. The first kappa shape index (κ1) is 20.7. The van der Waals surface area contributed by atoms with E-state index >= 15 is 0 Å². The fraction of sp³-hybridized carbons (Fsp3) is 0. The van der Waals surface area contributed by atoms with E-state index in [4.69, 9.17) is 9.90 Å². The fourth-order valence-corrected chi connectivity index (χ4v) is 7.36. The molecule has 10 aromatic rings. The smallest absolute Gasteiger partial charge is 0.143 e. The maximum atomic E-state index is 9.58. The van der Waals surface area contributed by atoms with E-state index < -0.39 is 24.2 Å². The second kappa shape index (κ2) is 11.1. The molecule has 49 heavy (non-hydrogen) atoms. The van der Waals surface area contributed by atoms with Gasteiger partial charge in [0.1, 0.15) is 11.3 Å². The maximum Gasteiger partial charge on any atom is 0.143 e. The lowest BCUT2D eigenvalue weighted by atomic mass is 9.84. The highest BCUT2D eigenvalue weighted by molar-refractivity contribution is 6.26. The zero-order valence-corrected chi connectivity index (χ0v) is 26.1. The summed E-state index contributed by atoms with van der Waals surface area (Å²) < 4.78 is 80.7. The Kier molecular flexibility index (Phi) is 4.69. The first-order valence-electron chi connectivity index (χ1n) is 20.2. The molecular weight excluding hydrogens is 593 g/mol. The van der Waals surface area contributed by atoms with Gasteiger partial charge in [0, 0.05) is 22.1 Å². The minimum absolute atomic E-state index is 0.138. The number of rotatable bonds is 4. The van der Waals surface area contributed by atoms with Gasteiger partial charge in [-0.3, -0.25) is 0 Å². The lowest BCUT2D eigenvalue weighted by Gasteiger charge is -2.18. The molecule has 0 atom stereocenters. The van der Waals surface area contributed by atoms with E-state index in [9.17, 15) is 5.48 Å². The van der Waals surface area contributed by atoms with Crippen molar-refractivity contribution in [1.29, 1.82) is 0 Å². The van der Waals surface area contributed by atoms with Crippen LogP contribution in [0.2, 0.25) is 0 Å². The predicted molar refractivity (Wildman–Crippen MR) is 208 cm³/mol. The van der Waals surface area contributed by atoms with Gasteiger partial charge in [-0.15, -0.1) is 0 Å². The van der Waals surface area contributed by atoms with Crippen molar-refractivity contribution >= 4 is 54.1 Å². The number of hydrogen-bond acceptors (Lipinski definition) is 1. The number of hydrogen-bond donors (Lipinski definition) is 0. The Balaban J connectivity index is 1.50. The average molecular weight is 631 g/mol. The van der Waals surface area contributed by atoms with Crippen molar-refractivity contribution in [2.75, 3.05) is 0 Å². The zero-order valence-electron chi connectivity index (χ0n) is 34.1. The van der Waals surface area contributed by atoms with Gasteiger partial charge in [-0.1, -0.05) is 164 Å². The molecule has 9 aromatic carbocycles. The van der Waals surface area contributed by atoms with Gasteiger partial charge in [-0.25, -0.2) is 0 Å². The van der Waals surface area contributed by atoms with Gasteiger partial charge in [0.25, 0.3) is 0 Å². The summed E-state index contributed by atoms with van der Waals surface area (Å²) in [6.45, 7) is 0. The molecule has 0 unspecified atom stereocenters. The molecule has 0 fully saturated rings. The van der Waals surface area contributed by atoms with Crippen LogP contribution in [0.1, 0.15) is 11.0 Å². The second-order valence-electron chi connectivity index (χ2n) is 12.2. The Bertz CT molecular complexity index is 3240. The van der Waals surface area contributed by atoms with Crippen LogP contribution >= 0.6 is 0 Å². The van der Waals surface area contributed by atoms with Crippen molar-refractivity contribution < 1.29 is 15.4 Å². The summed E-state index contributed by atoms with van der Waals surface area (Å²) >= 11 is 0. The molecule has 1 heteroatoms. The van der Waals surface area contributed by atoms with E-state index in [1.165, 1.54) is 0 Å². The molecule has 0 bridgehead atoms. The maximum absolute atomic E-state index is 9.58. The van der Waals surface area contributed by atoms with E-state index in [1.54, 1.807) is 24.3 Å². The summed E-state index contributed by atoms with van der Waals surface area (Å²) in [4.78, 5) is 0. The van der Waals surface area contributed by atoms with Crippen LogP contribution in [0, 0.1) is 0 Å². The third-order valence-electron chi connectivity index (χ3n) is 9.50. The SMILES string of the molecule is [2H]c1c([2H])c([2H])c2c(-c3c(-c4cc5ccccc5c5ccccc45)oc4cc(-c5ccccc5)ccc34)c3c([2H])c([2H])c([2H])c([2H])c3c(-c3ccccc3)c2c1[2H]. The average Bonchev–Trinajstić information content (AvgIpc) is 3.63. The van der Waals surface area contributed by atoms with Crippen LogP contribution in [0.3, 0.4) is 0 Å². The zero-order chi connectivity index (χ0) is 39.3. The Hall–Kier alpha value is -6.44. The number of furan rings is 1. The van der Waals surface area contributed by atoms with Crippen molar-refractivity contribution in [3.8, 4) is 44.7 Å². The topological polar surface area (TPSA) is 13.1 Å². The molecule has 0 aliphatic heterocycles. The Morgan fingerprint density at radius 3 is 1.59 bits per heavy atom. The van der Waals surface area contributed by atoms with E-state index in [0.29, 0.717) is 33.4 Å². The molecule has 0 radical (unpaired) electrons. The van der Waals surface area contributed by atoms with Crippen molar-refractivity contribution in [3.63, 3.8) is 0 Å². The Morgan fingerprint density at radius 2 is 0.918 bits per heavy atom. The molecule has 0 amide bonds. The molecule has 0 N–H and O–H groups in total. The minimum Gasteiger partial charge on any atom is -0.455 e. The van der Waals surface area contributed by atoms with Crippen LogP contribution in [-0.4, -0.2) is 0 Å². The van der Waals surface area contributed by atoms with Gasteiger partial charge >= 0.3 is 0 Å². The lowest BCUT2D eigenvalue weighted by Crippen LogP contribution is -1.92. The molecule has 0 spiro atoms. The van der Waals surface area contributed by atoms with Crippen LogP contribution < -0.4 is 0 Å². The fourth-order valence-electron chi connectivity index (χ4n) is 7.36. The number of fused-ring (bicyclic) bond motifs is 6. The third-order valence-corrected chi connectivity index (χ3v) is 9.50. The van der Waals surface area contributed by atoms with Crippen LogP contribution in [0.5, 0.6) is 0 Å².